The van der Waals surface area contributed by atoms with Crippen LogP contribution in [0.4, 0.5) is 0 Å². The summed E-state index contributed by atoms with van der Waals surface area (Å²) in [4.78, 5) is 0. The highest BCUT2D eigenvalue weighted by atomic mass is 14.9. The van der Waals surface area contributed by atoms with Crippen LogP contribution in [0, 0.1) is 17.2 Å². The van der Waals surface area contributed by atoms with Crippen LogP contribution in [-0.2, 0) is 0 Å². The molecule has 0 bridgehead atoms. The highest BCUT2D eigenvalue weighted by Gasteiger charge is 2.11. The molecule has 0 amide bonds. The normalized spacial score (nSPS) is 14.1. The number of nitrogens with one attached hydrogen (secondary N) is 1. The molecule has 0 aliphatic carbocycles. The van der Waals surface area contributed by atoms with Crippen molar-refractivity contribution in [3.8, 4) is 6.07 Å². The zero-order chi connectivity index (χ0) is 8.91. The van der Waals surface area contributed by atoms with Gasteiger partial charge in [-0.05, 0) is 27.2 Å². The van der Waals surface area contributed by atoms with Crippen LogP contribution in [0.1, 0.15) is 34.1 Å². The Hall–Kier alpha value is -0.550. The van der Waals surface area contributed by atoms with E-state index in [0.717, 1.165) is 13.0 Å². The molecule has 1 atom stereocenters. The number of nitrogens with zero attached hydrogens (tertiary/aromatic N) is 1. The lowest BCUT2D eigenvalue weighted by Crippen LogP contribution is -2.38. The molecule has 0 aliphatic rings. The minimum Gasteiger partial charge on any atom is -0.311 e. The van der Waals surface area contributed by atoms with E-state index in [1.54, 1.807) is 0 Å². The average molecular weight is 154 g/mol. The smallest absolute Gasteiger partial charge is 0.0669 e. The van der Waals surface area contributed by atoms with E-state index in [4.69, 9.17) is 5.26 Å². The van der Waals surface area contributed by atoms with Crippen LogP contribution in [0.15, 0.2) is 0 Å². The Balaban J connectivity index is 3.62. The third kappa shape index (κ3) is 5.87. The van der Waals surface area contributed by atoms with Gasteiger partial charge in [0.15, 0.2) is 0 Å². The molecular weight excluding hydrogens is 136 g/mol. The summed E-state index contributed by atoms with van der Waals surface area (Å²) in [5.74, 6) is 0.161. The molecule has 0 aromatic heterocycles. The molecule has 2 nitrogen and oxygen atoms in total. The average Bonchev–Trinajstić information content (AvgIpc) is 1.88. The summed E-state index contributed by atoms with van der Waals surface area (Å²) in [6.45, 7) is 9.17. The molecule has 1 unspecified atom stereocenters. The molecule has 64 valence electrons. The molecule has 0 saturated heterocycles. The Bertz CT molecular complexity index is 139. The molecule has 0 rings (SSSR count). The Morgan fingerprint density at radius 2 is 2.00 bits per heavy atom. The van der Waals surface area contributed by atoms with Gasteiger partial charge in [-0.1, -0.05) is 6.92 Å². The number of nitriles is 1. The first-order chi connectivity index (χ1) is 4.99. The second-order valence-corrected chi connectivity index (χ2v) is 3.87. The van der Waals surface area contributed by atoms with Crippen LogP contribution in [0.5, 0.6) is 0 Å². The fraction of sp³-hybridized carbons (Fsp3) is 0.889. The van der Waals surface area contributed by atoms with Crippen LogP contribution in [0.25, 0.3) is 0 Å². The summed E-state index contributed by atoms with van der Waals surface area (Å²) < 4.78 is 0. The van der Waals surface area contributed by atoms with E-state index < -0.39 is 0 Å². The Labute approximate surface area is 69.6 Å². The molecule has 0 saturated carbocycles. The number of hydrogen-bond donors (Lipinski definition) is 1. The van der Waals surface area contributed by atoms with Gasteiger partial charge in [-0.3, -0.25) is 0 Å². The van der Waals surface area contributed by atoms with Gasteiger partial charge in [0.1, 0.15) is 0 Å². The Kier molecular flexibility index (Phi) is 4.14. The van der Waals surface area contributed by atoms with E-state index in [1.807, 2.05) is 6.92 Å². The largest absolute Gasteiger partial charge is 0.311 e. The van der Waals surface area contributed by atoms with Gasteiger partial charge < -0.3 is 5.32 Å². The van der Waals surface area contributed by atoms with Crippen molar-refractivity contribution in [2.24, 2.45) is 5.92 Å². The van der Waals surface area contributed by atoms with Crippen LogP contribution in [-0.4, -0.2) is 12.1 Å². The van der Waals surface area contributed by atoms with E-state index in [0.29, 0.717) is 0 Å². The van der Waals surface area contributed by atoms with Crippen molar-refractivity contribution in [1.82, 2.24) is 5.32 Å². The van der Waals surface area contributed by atoms with Crippen molar-refractivity contribution in [1.29, 1.82) is 5.26 Å². The Morgan fingerprint density at radius 3 is 2.27 bits per heavy atom. The van der Waals surface area contributed by atoms with Gasteiger partial charge in [0.25, 0.3) is 0 Å². The molecule has 0 aromatic carbocycles. The van der Waals surface area contributed by atoms with Crippen LogP contribution in [0.2, 0.25) is 0 Å². The van der Waals surface area contributed by atoms with Gasteiger partial charge in [-0.2, -0.15) is 5.26 Å². The molecule has 1 N–H and O–H groups in total. The fourth-order valence-electron chi connectivity index (χ4n) is 0.711. The van der Waals surface area contributed by atoms with E-state index in [2.05, 4.69) is 32.2 Å². The van der Waals surface area contributed by atoms with Crippen LogP contribution in [0.3, 0.4) is 0 Å². The van der Waals surface area contributed by atoms with Crippen molar-refractivity contribution < 1.29 is 0 Å². The maximum atomic E-state index is 8.63. The molecule has 0 aromatic rings. The Morgan fingerprint density at radius 1 is 1.45 bits per heavy atom. The van der Waals surface area contributed by atoms with E-state index in [1.165, 1.54) is 0 Å². The minimum atomic E-state index is 0.129. The second kappa shape index (κ2) is 4.35. The summed E-state index contributed by atoms with van der Waals surface area (Å²) in [6.07, 6.45) is 0.930. The minimum absolute atomic E-state index is 0.129. The maximum absolute atomic E-state index is 8.63. The summed E-state index contributed by atoms with van der Waals surface area (Å²) in [5.41, 5.74) is 0.129. The molecule has 0 radical (unpaired) electrons. The SMILES string of the molecule is CCC(C#N)CNC(C)(C)C. The van der Waals surface area contributed by atoms with Crippen molar-refractivity contribution in [3.05, 3.63) is 0 Å². The molecule has 0 fully saturated rings. The third-order valence-electron chi connectivity index (χ3n) is 1.55. The van der Waals surface area contributed by atoms with Gasteiger partial charge >= 0.3 is 0 Å². The van der Waals surface area contributed by atoms with Crippen molar-refractivity contribution in [2.75, 3.05) is 6.54 Å². The van der Waals surface area contributed by atoms with Gasteiger partial charge in [0.2, 0.25) is 0 Å². The van der Waals surface area contributed by atoms with Gasteiger partial charge in [-0.15, -0.1) is 0 Å². The van der Waals surface area contributed by atoms with Crippen LogP contribution < -0.4 is 5.32 Å². The maximum Gasteiger partial charge on any atom is 0.0669 e. The first-order valence-electron chi connectivity index (χ1n) is 4.14. The monoisotopic (exact) mass is 154 g/mol. The summed E-state index contributed by atoms with van der Waals surface area (Å²) in [6, 6.07) is 2.26. The second-order valence-electron chi connectivity index (χ2n) is 3.87. The molecule has 11 heavy (non-hydrogen) atoms. The number of rotatable bonds is 3. The van der Waals surface area contributed by atoms with Gasteiger partial charge in [0, 0.05) is 12.1 Å². The van der Waals surface area contributed by atoms with Gasteiger partial charge in [-0.25, -0.2) is 0 Å². The van der Waals surface area contributed by atoms with E-state index >= 15 is 0 Å². The zero-order valence-corrected chi connectivity index (χ0v) is 7.94. The highest BCUT2D eigenvalue weighted by molar-refractivity contribution is 4.85. The number of hydrogen-bond acceptors (Lipinski definition) is 2. The fourth-order valence-corrected chi connectivity index (χ4v) is 0.711. The highest BCUT2D eigenvalue weighted by Crippen LogP contribution is 2.03. The first-order valence-corrected chi connectivity index (χ1v) is 4.14. The van der Waals surface area contributed by atoms with E-state index in [9.17, 15) is 0 Å². The predicted octanol–water partition coefficient (Wildman–Crippen LogP) is 1.92. The first kappa shape index (κ1) is 10.4. The van der Waals surface area contributed by atoms with Crippen molar-refractivity contribution in [2.45, 2.75) is 39.7 Å². The van der Waals surface area contributed by atoms with Gasteiger partial charge in [0.05, 0.1) is 12.0 Å². The van der Waals surface area contributed by atoms with Crippen LogP contribution >= 0.6 is 0 Å². The third-order valence-corrected chi connectivity index (χ3v) is 1.55. The lowest BCUT2D eigenvalue weighted by atomic mass is 10.1. The van der Waals surface area contributed by atoms with Crippen molar-refractivity contribution in [3.63, 3.8) is 0 Å². The topological polar surface area (TPSA) is 35.8 Å². The zero-order valence-electron chi connectivity index (χ0n) is 7.94. The molecule has 0 aliphatic heterocycles. The van der Waals surface area contributed by atoms with Crippen molar-refractivity contribution >= 4 is 0 Å². The summed E-state index contributed by atoms with van der Waals surface area (Å²) in [7, 11) is 0. The molecule has 0 heterocycles. The van der Waals surface area contributed by atoms with E-state index in [-0.39, 0.29) is 11.5 Å². The lowest BCUT2D eigenvalue weighted by molar-refractivity contribution is 0.396. The molecule has 0 spiro atoms. The summed E-state index contributed by atoms with van der Waals surface area (Å²) >= 11 is 0. The molecule has 2 heteroatoms. The predicted molar refractivity (Wildman–Crippen MR) is 47.1 cm³/mol. The summed E-state index contributed by atoms with van der Waals surface area (Å²) in [5, 5.41) is 11.9. The quantitative estimate of drug-likeness (QED) is 0.674. The lowest BCUT2D eigenvalue weighted by Gasteiger charge is -2.21. The standard InChI is InChI=1S/C9H18N2/c1-5-8(6-10)7-11-9(2,3)4/h8,11H,5,7H2,1-4H3. The molecular formula is C9H18N2.